The molecule has 5 N–H and O–H groups in total. The molecule has 1 spiro atoms. The van der Waals surface area contributed by atoms with Crippen molar-refractivity contribution in [3.05, 3.63) is 83.0 Å². The highest BCUT2D eigenvalue weighted by Gasteiger charge is 2.76. The summed E-state index contributed by atoms with van der Waals surface area (Å²) in [6.45, 7) is 8.59. The van der Waals surface area contributed by atoms with Crippen LogP contribution in [0.25, 0.3) is 0 Å². The first-order chi connectivity index (χ1) is 21.7. The van der Waals surface area contributed by atoms with Gasteiger partial charge in [0.2, 0.25) is 0 Å². The van der Waals surface area contributed by atoms with Crippen molar-refractivity contribution in [3.63, 3.8) is 0 Å². The Morgan fingerprint density at radius 1 is 1.07 bits per heavy atom. The zero-order valence-electron chi connectivity index (χ0n) is 26.6. The van der Waals surface area contributed by atoms with E-state index in [-0.39, 0.29) is 57.0 Å². The molecule has 0 saturated heterocycles. The lowest BCUT2D eigenvalue weighted by Gasteiger charge is -2.48. The van der Waals surface area contributed by atoms with Gasteiger partial charge >= 0.3 is 11.9 Å². The molecular weight excluding hydrogens is 588 g/mol. The van der Waals surface area contributed by atoms with Crippen molar-refractivity contribution in [2.24, 2.45) is 34.5 Å². The Hall–Kier alpha value is -4.28. The number of nitrogens with one attached hydrogen (secondary N) is 1. The van der Waals surface area contributed by atoms with Crippen molar-refractivity contribution in [1.82, 2.24) is 0 Å². The number of nitrogen functional groups attached to an aromatic ring is 1. The maximum Gasteiger partial charge on any atom is 0.340 e. The van der Waals surface area contributed by atoms with Gasteiger partial charge in [-0.25, -0.2) is 4.79 Å². The van der Waals surface area contributed by atoms with Crippen LogP contribution in [0, 0.1) is 34.5 Å². The second-order valence-corrected chi connectivity index (χ2v) is 13.9. The number of ketones is 1. The Balaban J connectivity index is 1.34. The standard InChI is InChI=1S/C36H40N2O8/c1-18-16-35-19(2)14-25-28(34(25,4)5)24(30(35)41)15-21(29(40)36(35,44)31(18)46-20(3)39)17-45-33(43)23-11-7-9-13-27(23)38-32(42)22-10-6-8-12-26(22)37/h6-13,15-16,19,24-25,28-29,31,40,44H,14,17,37H2,1-5H3,(H,38,42)/t19-,24+,25-,28+,29-,31+,35+,36+/m1/s1. The zero-order chi connectivity index (χ0) is 33.3. The van der Waals surface area contributed by atoms with Crippen LogP contribution in [0.2, 0.25) is 0 Å². The molecule has 0 unspecified atom stereocenters. The summed E-state index contributed by atoms with van der Waals surface area (Å²) < 4.78 is 11.3. The van der Waals surface area contributed by atoms with Crippen LogP contribution in [0.3, 0.4) is 0 Å². The van der Waals surface area contributed by atoms with Crippen LogP contribution in [-0.4, -0.2) is 58.3 Å². The van der Waals surface area contributed by atoms with Gasteiger partial charge in [0, 0.05) is 18.5 Å². The Morgan fingerprint density at radius 3 is 2.39 bits per heavy atom. The molecule has 1 amide bonds. The minimum Gasteiger partial charge on any atom is -0.457 e. The molecule has 2 saturated carbocycles. The molecule has 6 rings (SSSR count). The Kier molecular flexibility index (Phi) is 7.52. The summed E-state index contributed by atoms with van der Waals surface area (Å²) in [6.07, 6.45) is 1.02. The number of nitrogens with two attached hydrogens (primary N) is 1. The smallest absolute Gasteiger partial charge is 0.340 e. The molecule has 4 aliphatic carbocycles. The van der Waals surface area contributed by atoms with Crippen molar-refractivity contribution in [2.45, 2.75) is 58.8 Å². The molecule has 2 aromatic carbocycles. The predicted octanol–water partition coefficient (Wildman–Crippen LogP) is 4.09. The number of fused-ring (bicyclic) bond motifs is 3. The van der Waals surface area contributed by atoms with E-state index < -0.39 is 53.6 Å². The number of amides is 1. The van der Waals surface area contributed by atoms with Crippen molar-refractivity contribution >= 4 is 35.0 Å². The Bertz CT molecular complexity index is 1710. The molecule has 2 fully saturated rings. The van der Waals surface area contributed by atoms with E-state index in [0.29, 0.717) is 12.0 Å². The summed E-state index contributed by atoms with van der Waals surface area (Å²) >= 11 is 0. The maximum atomic E-state index is 14.6. The third-order valence-corrected chi connectivity index (χ3v) is 11.0. The summed E-state index contributed by atoms with van der Waals surface area (Å²) in [4.78, 5) is 53.3. The molecule has 8 atom stereocenters. The number of para-hydroxylation sites is 2. The average molecular weight is 629 g/mol. The fourth-order valence-corrected chi connectivity index (χ4v) is 8.64. The Labute approximate surface area is 267 Å². The molecule has 0 radical (unpaired) electrons. The van der Waals surface area contributed by atoms with Gasteiger partial charge in [0.1, 0.15) is 12.7 Å². The number of anilines is 2. The third kappa shape index (κ3) is 4.52. The summed E-state index contributed by atoms with van der Waals surface area (Å²) in [5.74, 6) is -3.08. The van der Waals surface area contributed by atoms with E-state index in [0.717, 1.165) is 0 Å². The lowest BCUT2D eigenvalue weighted by molar-refractivity contribution is -0.202. The molecule has 10 nitrogen and oxygen atoms in total. The highest BCUT2D eigenvalue weighted by Crippen LogP contribution is 2.71. The van der Waals surface area contributed by atoms with Crippen LogP contribution in [0.5, 0.6) is 0 Å². The topological polar surface area (TPSA) is 165 Å². The lowest BCUT2D eigenvalue weighted by Crippen LogP contribution is -2.65. The zero-order valence-corrected chi connectivity index (χ0v) is 26.6. The number of hydrogen-bond acceptors (Lipinski definition) is 9. The van der Waals surface area contributed by atoms with Crippen molar-refractivity contribution in [2.75, 3.05) is 17.7 Å². The first-order valence-corrected chi connectivity index (χ1v) is 15.6. The van der Waals surface area contributed by atoms with Gasteiger partial charge in [-0.05, 0) is 71.9 Å². The van der Waals surface area contributed by atoms with Gasteiger partial charge in [-0.2, -0.15) is 0 Å². The number of benzene rings is 2. The summed E-state index contributed by atoms with van der Waals surface area (Å²) in [6, 6.07) is 12.9. The molecule has 2 bridgehead atoms. The Morgan fingerprint density at radius 2 is 1.72 bits per heavy atom. The number of esters is 2. The largest absolute Gasteiger partial charge is 0.457 e. The molecule has 2 aromatic rings. The van der Waals surface area contributed by atoms with E-state index in [4.69, 9.17) is 15.2 Å². The van der Waals surface area contributed by atoms with Crippen LogP contribution in [-0.2, 0) is 19.1 Å². The predicted molar refractivity (Wildman–Crippen MR) is 169 cm³/mol. The quantitative estimate of drug-likeness (QED) is 0.210. The molecular formula is C36H40N2O8. The number of hydrogen-bond donors (Lipinski definition) is 4. The number of ether oxygens (including phenoxy) is 2. The second-order valence-electron chi connectivity index (χ2n) is 13.9. The van der Waals surface area contributed by atoms with Crippen LogP contribution in [0.15, 0.2) is 71.8 Å². The van der Waals surface area contributed by atoms with Gasteiger partial charge in [-0.3, -0.25) is 14.4 Å². The third-order valence-electron chi connectivity index (χ3n) is 11.0. The maximum absolute atomic E-state index is 14.6. The van der Waals surface area contributed by atoms with Gasteiger partial charge in [0.25, 0.3) is 5.91 Å². The molecule has 242 valence electrons. The van der Waals surface area contributed by atoms with Crippen LogP contribution < -0.4 is 11.1 Å². The first-order valence-electron chi connectivity index (χ1n) is 15.6. The summed E-state index contributed by atoms with van der Waals surface area (Å²) in [5.41, 5.74) is 3.45. The molecule has 10 heteroatoms. The van der Waals surface area contributed by atoms with E-state index in [1.807, 2.05) is 6.92 Å². The van der Waals surface area contributed by atoms with Gasteiger partial charge in [-0.15, -0.1) is 0 Å². The van der Waals surface area contributed by atoms with Crippen LogP contribution in [0.1, 0.15) is 61.8 Å². The van der Waals surface area contributed by atoms with E-state index >= 15 is 0 Å². The number of aliphatic hydroxyl groups excluding tert-OH is 1. The van der Waals surface area contributed by atoms with E-state index in [1.165, 1.54) is 13.0 Å². The SMILES string of the molecule is CC(=O)O[C@H]1C(C)=C[C@]23C(=O)[C@@H](C=C(COC(=O)c4ccccc4NC(=O)c4ccccc4N)[C@@H](O)[C@]12O)[C@H]1[C@@H](C[C@H]3C)C1(C)C. The lowest BCUT2D eigenvalue weighted by atomic mass is 9.59. The summed E-state index contributed by atoms with van der Waals surface area (Å²) in [7, 11) is 0. The average Bonchev–Trinajstić information content (AvgIpc) is 3.50. The van der Waals surface area contributed by atoms with Gasteiger partial charge < -0.3 is 30.7 Å². The number of aliphatic hydroxyl groups is 2. The number of Topliss-reactive ketones (excluding diaryl/α,β-unsaturated/α-hetero) is 1. The number of rotatable bonds is 6. The van der Waals surface area contributed by atoms with Gasteiger partial charge in [-0.1, -0.05) is 57.2 Å². The highest BCUT2D eigenvalue weighted by molar-refractivity contribution is 6.10. The van der Waals surface area contributed by atoms with Crippen LogP contribution >= 0.6 is 0 Å². The van der Waals surface area contributed by atoms with Crippen molar-refractivity contribution in [1.29, 1.82) is 0 Å². The van der Waals surface area contributed by atoms with E-state index in [1.54, 1.807) is 61.5 Å². The van der Waals surface area contributed by atoms with Crippen molar-refractivity contribution in [3.8, 4) is 0 Å². The van der Waals surface area contributed by atoms with Crippen LogP contribution in [0.4, 0.5) is 11.4 Å². The molecule has 0 aliphatic heterocycles. The number of allylic oxidation sites excluding steroid dienone is 1. The number of carbonyl (C=O) groups is 4. The molecule has 46 heavy (non-hydrogen) atoms. The monoisotopic (exact) mass is 628 g/mol. The molecule has 0 heterocycles. The fourth-order valence-electron chi connectivity index (χ4n) is 8.64. The van der Waals surface area contributed by atoms with E-state index in [2.05, 4.69) is 19.2 Å². The highest BCUT2D eigenvalue weighted by atomic mass is 16.6. The second kappa shape index (κ2) is 10.9. The van der Waals surface area contributed by atoms with Gasteiger partial charge in [0.05, 0.1) is 22.2 Å². The summed E-state index contributed by atoms with van der Waals surface area (Å²) in [5, 5.41) is 27.4. The minimum atomic E-state index is -2.23. The van der Waals surface area contributed by atoms with E-state index in [9.17, 15) is 29.4 Å². The minimum absolute atomic E-state index is 0.0371. The molecule has 0 aromatic heterocycles. The first kappa shape index (κ1) is 31.7. The molecule has 4 aliphatic rings. The number of carbonyl (C=O) groups excluding carboxylic acids is 4. The van der Waals surface area contributed by atoms with Gasteiger partial charge in [0.15, 0.2) is 17.5 Å². The fraction of sp³-hybridized carbons (Fsp3) is 0.444. The normalized spacial score (nSPS) is 33.7. The van der Waals surface area contributed by atoms with Crippen molar-refractivity contribution < 1.29 is 38.9 Å².